The van der Waals surface area contributed by atoms with E-state index in [2.05, 4.69) is 56.7 Å². The van der Waals surface area contributed by atoms with Gasteiger partial charge >= 0.3 is 0 Å². The average Bonchev–Trinajstić information content (AvgIpc) is 2.37. The van der Waals surface area contributed by atoms with E-state index in [1.165, 1.54) is 22.3 Å². The summed E-state index contributed by atoms with van der Waals surface area (Å²) in [6, 6.07) is 4.47. The Morgan fingerprint density at radius 3 is 2.20 bits per heavy atom. The van der Waals surface area contributed by atoms with Gasteiger partial charge in [0.05, 0.1) is 5.69 Å². The number of benzene rings is 1. The minimum absolute atomic E-state index is 0.336. The molecule has 0 spiro atoms. The first-order chi connectivity index (χ1) is 9.31. The Hall–Kier alpha value is -1.48. The molecule has 0 aliphatic heterocycles. The van der Waals surface area contributed by atoms with Crippen molar-refractivity contribution >= 4 is 12.2 Å². The van der Waals surface area contributed by atoms with Gasteiger partial charge in [-0.25, -0.2) is 4.98 Å². The maximum Gasteiger partial charge on any atom is 0.133 e. The third-order valence-corrected chi connectivity index (χ3v) is 4.23. The van der Waals surface area contributed by atoms with Crippen LogP contribution in [0.15, 0.2) is 12.1 Å². The predicted molar refractivity (Wildman–Crippen MR) is 87.9 cm³/mol. The Labute approximate surface area is 126 Å². The van der Waals surface area contributed by atoms with Gasteiger partial charge in [-0.15, -0.1) is 0 Å². The van der Waals surface area contributed by atoms with Gasteiger partial charge in [-0.3, -0.25) is 0 Å². The van der Waals surface area contributed by atoms with Gasteiger partial charge in [-0.1, -0.05) is 32.1 Å². The van der Waals surface area contributed by atoms with E-state index >= 15 is 0 Å². The second-order valence-corrected chi connectivity index (χ2v) is 6.22. The molecule has 1 aromatic heterocycles. The van der Waals surface area contributed by atoms with Gasteiger partial charge in [0.1, 0.15) is 10.5 Å². The molecule has 0 unspecified atom stereocenters. The first-order valence-electron chi connectivity index (χ1n) is 7.00. The highest BCUT2D eigenvalue weighted by atomic mass is 32.1. The molecule has 2 rings (SSSR count). The molecule has 2 nitrogen and oxygen atoms in total. The van der Waals surface area contributed by atoms with Crippen LogP contribution in [0.2, 0.25) is 0 Å². The molecule has 0 aliphatic rings. The molecule has 1 heterocycles. The quantitative estimate of drug-likeness (QED) is 0.772. The Morgan fingerprint density at radius 1 is 1.00 bits per heavy atom. The van der Waals surface area contributed by atoms with Gasteiger partial charge < -0.3 is 4.98 Å². The van der Waals surface area contributed by atoms with Gasteiger partial charge in [0, 0.05) is 17.0 Å². The molecule has 0 aliphatic carbocycles. The highest BCUT2D eigenvalue weighted by Crippen LogP contribution is 2.28. The molecule has 0 bridgehead atoms. The second kappa shape index (κ2) is 5.49. The van der Waals surface area contributed by atoms with E-state index in [0.29, 0.717) is 10.6 Å². The summed E-state index contributed by atoms with van der Waals surface area (Å²) in [5.41, 5.74) is 7.27. The van der Waals surface area contributed by atoms with E-state index in [4.69, 9.17) is 12.2 Å². The molecule has 1 N–H and O–H groups in total. The fraction of sp³-hybridized carbons (Fsp3) is 0.412. The van der Waals surface area contributed by atoms with Crippen LogP contribution in [0.3, 0.4) is 0 Å². The van der Waals surface area contributed by atoms with Crippen molar-refractivity contribution in [3.8, 4) is 11.3 Å². The third-order valence-electron chi connectivity index (χ3n) is 3.83. The summed E-state index contributed by atoms with van der Waals surface area (Å²) in [5.74, 6) is 1.29. The Balaban J connectivity index is 2.75. The number of nitrogens with one attached hydrogen (secondary N) is 1. The molecular weight excluding hydrogens is 264 g/mol. The van der Waals surface area contributed by atoms with Crippen molar-refractivity contribution in [3.63, 3.8) is 0 Å². The highest BCUT2D eigenvalue weighted by molar-refractivity contribution is 7.71. The van der Waals surface area contributed by atoms with Crippen LogP contribution in [-0.4, -0.2) is 9.97 Å². The standard InChI is InChI=1S/C17H22N2S/c1-9(2)16-18-15(13(6)17(20)19-16)14-8-11(4)10(3)7-12(14)5/h7-9H,1-6H3,(H,18,19,20). The van der Waals surface area contributed by atoms with Crippen LogP contribution in [0.5, 0.6) is 0 Å². The zero-order valence-corrected chi connectivity index (χ0v) is 13.9. The molecule has 0 atom stereocenters. The SMILES string of the molecule is Cc1cc(C)c(-c2[nH]c(C(C)C)nc(=S)c2C)cc1C. The minimum Gasteiger partial charge on any atom is -0.343 e. The van der Waals surface area contributed by atoms with Crippen LogP contribution in [0.25, 0.3) is 11.3 Å². The monoisotopic (exact) mass is 286 g/mol. The number of H-pyrrole nitrogens is 1. The Morgan fingerprint density at radius 2 is 1.60 bits per heavy atom. The van der Waals surface area contributed by atoms with Crippen molar-refractivity contribution in [1.82, 2.24) is 9.97 Å². The molecule has 0 saturated carbocycles. The summed E-state index contributed by atoms with van der Waals surface area (Å²) >= 11 is 5.42. The number of hydrogen-bond donors (Lipinski definition) is 1. The predicted octanol–water partition coefficient (Wildman–Crippen LogP) is 5.16. The van der Waals surface area contributed by atoms with E-state index in [9.17, 15) is 0 Å². The summed E-state index contributed by atoms with van der Waals surface area (Å²) in [6.07, 6.45) is 0. The molecule has 1 aromatic carbocycles. The molecule has 0 amide bonds. The van der Waals surface area contributed by atoms with Gasteiger partial charge in [0.15, 0.2) is 0 Å². The van der Waals surface area contributed by atoms with Gasteiger partial charge in [-0.05, 0) is 50.5 Å². The van der Waals surface area contributed by atoms with Crippen LogP contribution in [0.1, 0.15) is 47.8 Å². The second-order valence-electron chi connectivity index (χ2n) is 5.83. The van der Waals surface area contributed by atoms with Crippen molar-refractivity contribution in [1.29, 1.82) is 0 Å². The lowest BCUT2D eigenvalue weighted by atomic mass is 9.96. The fourth-order valence-corrected chi connectivity index (χ4v) is 2.52. The van der Waals surface area contributed by atoms with Crippen molar-refractivity contribution in [2.75, 3.05) is 0 Å². The van der Waals surface area contributed by atoms with Gasteiger partial charge in [-0.2, -0.15) is 0 Å². The van der Waals surface area contributed by atoms with E-state index in [1.807, 2.05) is 6.92 Å². The van der Waals surface area contributed by atoms with Crippen molar-refractivity contribution < 1.29 is 0 Å². The zero-order chi connectivity index (χ0) is 15.0. The number of aryl methyl sites for hydroxylation is 3. The lowest BCUT2D eigenvalue weighted by Gasteiger charge is -2.15. The van der Waals surface area contributed by atoms with Crippen molar-refractivity contribution in [3.05, 3.63) is 44.9 Å². The normalized spacial score (nSPS) is 11.2. The summed E-state index contributed by atoms with van der Waals surface area (Å²) in [5, 5.41) is 0. The number of nitrogens with zero attached hydrogens (tertiary/aromatic N) is 1. The summed E-state index contributed by atoms with van der Waals surface area (Å²) < 4.78 is 0.695. The number of hydrogen-bond acceptors (Lipinski definition) is 2. The van der Waals surface area contributed by atoms with Gasteiger partial charge in [0.2, 0.25) is 0 Å². The summed E-state index contributed by atoms with van der Waals surface area (Å²) in [6.45, 7) is 12.7. The molecule has 3 heteroatoms. The summed E-state index contributed by atoms with van der Waals surface area (Å²) in [7, 11) is 0. The summed E-state index contributed by atoms with van der Waals surface area (Å²) in [4.78, 5) is 7.97. The third kappa shape index (κ3) is 2.68. The Bertz CT molecular complexity index is 712. The number of aromatic amines is 1. The lowest BCUT2D eigenvalue weighted by molar-refractivity contribution is 0.770. The maximum absolute atomic E-state index is 5.42. The minimum atomic E-state index is 0.336. The molecule has 0 fully saturated rings. The van der Waals surface area contributed by atoms with Crippen LogP contribution in [0.4, 0.5) is 0 Å². The van der Waals surface area contributed by atoms with Crippen LogP contribution in [-0.2, 0) is 0 Å². The van der Waals surface area contributed by atoms with E-state index < -0.39 is 0 Å². The number of rotatable bonds is 2. The number of aromatic nitrogens is 2. The lowest BCUT2D eigenvalue weighted by Crippen LogP contribution is -2.03. The first-order valence-corrected chi connectivity index (χ1v) is 7.41. The molecule has 0 saturated heterocycles. The molecule has 106 valence electrons. The topological polar surface area (TPSA) is 28.7 Å². The van der Waals surface area contributed by atoms with Crippen LogP contribution < -0.4 is 0 Å². The average molecular weight is 286 g/mol. The zero-order valence-electron chi connectivity index (χ0n) is 13.1. The van der Waals surface area contributed by atoms with E-state index in [1.54, 1.807) is 0 Å². The highest BCUT2D eigenvalue weighted by Gasteiger charge is 2.12. The first kappa shape index (κ1) is 14.9. The van der Waals surface area contributed by atoms with E-state index in [0.717, 1.165) is 17.1 Å². The fourth-order valence-electron chi connectivity index (χ4n) is 2.32. The van der Waals surface area contributed by atoms with Crippen molar-refractivity contribution in [2.45, 2.75) is 47.5 Å². The van der Waals surface area contributed by atoms with Crippen LogP contribution in [0, 0.1) is 32.3 Å². The largest absolute Gasteiger partial charge is 0.343 e. The molecular formula is C17H22N2S. The molecule has 2 aromatic rings. The Kier molecular flexibility index (Phi) is 4.09. The molecule has 0 radical (unpaired) electrons. The molecule has 20 heavy (non-hydrogen) atoms. The van der Waals surface area contributed by atoms with Crippen LogP contribution >= 0.6 is 12.2 Å². The maximum atomic E-state index is 5.42. The van der Waals surface area contributed by atoms with Gasteiger partial charge in [0.25, 0.3) is 0 Å². The smallest absolute Gasteiger partial charge is 0.133 e. The van der Waals surface area contributed by atoms with Crippen molar-refractivity contribution in [2.24, 2.45) is 0 Å². The van der Waals surface area contributed by atoms with E-state index in [-0.39, 0.29) is 0 Å².